The van der Waals surface area contributed by atoms with Crippen LogP contribution in [0.15, 0.2) is 24.3 Å². The average molecular weight is 326 g/mol. The number of halogens is 1. The Labute approximate surface area is 122 Å². The van der Waals surface area contributed by atoms with Crippen molar-refractivity contribution in [2.45, 2.75) is 50.0 Å². The molecule has 1 unspecified atom stereocenters. The second kappa shape index (κ2) is 6.94. The smallest absolute Gasteiger partial charge is 0.238 e. The number of carbonyl (C=O) groups is 1. The zero-order valence-corrected chi connectivity index (χ0v) is 12.8. The Bertz CT molecular complexity index is 413. The Morgan fingerprint density at radius 2 is 2.00 bits per heavy atom. The van der Waals surface area contributed by atoms with Crippen LogP contribution in [0.1, 0.15) is 39.0 Å². The fraction of sp³-hybridized carbons (Fsp3) is 0.533. The van der Waals surface area contributed by atoms with Gasteiger partial charge in [0.05, 0.1) is 10.9 Å². The van der Waals surface area contributed by atoms with E-state index in [1.165, 1.54) is 12.8 Å². The van der Waals surface area contributed by atoms with Crippen LogP contribution in [-0.4, -0.2) is 16.8 Å². The van der Waals surface area contributed by atoms with Gasteiger partial charge in [0.1, 0.15) is 5.75 Å². The Balaban J connectivity index is 1.88. The number of rotatable bonds is 5. The van der Waals surface area contributed by atoms with Crippen LogP contribution in [0.4, 0.5) is 5.69 Å². The lowest BCUT2D eigenvalue weighted by molar-refractivity contribution is -0.115. The quantitative estimate of drug-likeness (QED) is 0.827. The highest BCUT2D eigenvalue weighted by Crippen LogP contribution is 2.25. The molecule has 0 bridgehead atoms. The number of benzene rings is 1. The third kappa shape index (κ3) is 4.23. The molecule has 19 heavy (non-hydrogen) atoms. The highest BCUT2D eigenvalue weighted by atomic mass is 79.9. The topological polar surface area (TPSA) is 38.3 Å². The first-order valence-corrected chi connectivity index (χ1v) is 7.82. The summed E-state index contributed by atoms with van der Waals surface area (Å²) in [7, 11) is 0. The number of alkyl halides is 1. The molecule has 1 amide bonds. The molecule has 1 aromatic rings. The zero-order valence-electron chi connectivity index (χ0n) is 11.2. The van der Waals surface area contributed by atoms with Gasteiger partial charge in [-0.2, -0.15) is 0 Å². The van der Waals surface area contributed by atoms with Gasteiger partial charge in [-0.3, -0.25) is 4.79 Å². The van der Waals surface area contributed by atoms with Gasteiger partial charge in [0, 0.05) is 5.69 Å². The highest BCUT2D eigenvalue weighted by Gasteiger charge is 2.16. The lowest BCUT2D eigenvalue weighted by atomic mass is 10.2. The molecule has 1 aromatic carbocycles. The average Bonchev–Trinajstić information content (AvgIpc) is 2.93. The van der Waals surface area contributed by atoms with Crippen molar-refractivity contribution in [1.29, 1.82) is 0 Å². The summed E-state index contributed by atoms with van der Waals surface area (Å²) < 4.78 is 5.88. The van der Waals surface area contributed by atoms with E-state index in [0.717, 1.165) is 30.7 Å². The second-order valence-electron chi connectivity index (χ2n) is 4.91. The van der Waals surface area contributed by atoms with Crippen LogP contribution < -0.4 is 10.1 Å². The second-order valence-corrected chi connectivity index (χ2v) is 6.02. The van der Waals surface area contributed by atoms with E-state index in [4.69, 9.17) is 4.74 Å². The summed E-state index contributed by atoms with van der Waals surface area (Å²) in [5.41, 5.74) is 0.807. The summed E-state index contributed by atoms with van der Waals surface area (Å²) in [6, 6.07) is 7.61. The van der Waals surface area contributed by atoms with Crippen LogP contribution in [0.5, 0.6) is 5.75 Å². The molecule has 1 fully saturated rings. The number of amides is 1. The van der Waals surface area contributed by atoms with Gasteiger partial charge in [-0.1, -0.05) is 22.9 Å². The van der Waals surface area contributed by atoms with Crippen LogP contribution in [0.2, 0.25) is 0 Å². The molecule has 1 atom stereocenters. The summed E-state index contributed by atoms with van der Waals surface area (Å²) in [5, 5.41) is 2.87. The van der Waals surface area contributed by atoms with Crippen LogP contribution in [0.3, 0.4) is 0 Å². The van der Waals surface area contributed by atoms with Gasteiger partial charge < -0.3 is 10.1 Å². The van der Waals surface area contributed by atoms with Crippen molar-refractivity contribution < 1.29 is 9.53 Å². The molecule has 0 heterocycles. The fourth-order valence-corrected chi connectivity index (χ4v) is 2.34. The van der Waals surface area contributed by atoms with Crippen LogP contribution in [0, 0.1) is 0 Å². The van der Waals surface area contributed by atoms with E-state index in [9.17, 15) is 4.79 Å². The molecule has 0 aromatic heterocycles. The standard InChI is InChI=1S/C15H20BrNO2/c1-2-14(16)15(18)17-11-7-9-13(10-8-11)19-12-5-3-4-6-12/h7-10,12,14H,2-6H2,1H3,(H,17,18). The summed E-state index contributed by atoms with van der Waals surface area (Å²) in [6.45, 7) is 1.97. The number of anilines is 1. The maximum Gasteiger partial charge on any atom is 0.238 e. The Morgan fingerprint density at radius 1 is 1.37 bits per heavy atom. The minimum absolute atomic E-state index is 0.00744. The lowest BCUT2D eigenvalue weighted by Gasteiger charge is -2.14. The van der Waals surface area contributed by atoms with Gasteiger partial charge in [-0.25, -0.2) is 0 Å². The van der Waals surface area contributed by atoms with E-state index in [1.54, 1.807) is 0 Å². The van der Waals surface area contributed by atoms with Gasteiger partial charge in [-0.05, 0) is 56.4 Å². The van der Waals surface area contributed by atoms with Crippen molar-refractivity contribution in [1.82, 2.24) is 0 Å². The summed E-state index contributed by atoms with van der Waals surface area (Å²) in [6.07, 6.45) is 5.98. The van der Waals surface area contributed by atoms with Crippen molar-refractivity contribution >= 4 is 27.5 Å². The van der Waals surface area contributed by atoms with Crippen molar-refractivity contribution in [3.8, 4) is 5.75 Å². The minimum Gasteiger partial charge on any atom is -0.490 e. The molecule has 3 nitrogen and oxygen atoms in total. The van der Waals surface area contributed by atoms with Crippen molar-refractivity contribution in [3.63, 3.8) is 0 Å². The first-order chi connectivity index (χ1) is 9.19. The van der Waals surface area contributed by atoms with Gasteiger partial charge >= 0.3 is 0 Å². The van der Waals surface area contributed by atoms with Crippen molar-refractivity contribution in [3.05, 3.63) is 24.3 Å². The van der Waals surface area contributed by atoms with E-state index in [-0.39, 0.29) is 10.7 Å². The Morgan fingerprint density at radius 3 is 2.58 bits per heavy atom. The molecule has 4 heteroatoms. The minimum atomic E-state index is -0.137. The molecule has 1 aliphatic rings. The summed E-state index contributed by atoms with van der Waals surface area (Å²) >= 11 is 3.34. The van der Waals surface area contributed by atoms with Crippen molar-refractivity contribution in [2.24, 2.45) is 0 Å². The number of carbonyl (C=O) groups excluding carboxylic acids is 1. The molecule has 1 N–H and O–H groups in total. The molecular formula is C15H20BrNO2. The molecule has 104 valence electrons. The fourth-order valence-electron chi connectivity index (χ4n) is 2.22. The van der Waals surface area contributed by atoms with Crippen LogP contribution in [-0.2, 0) is 4.79 Å². The van der Waals surface area contributed by atoms with E-state index in [2.05, 4.69) is 21.2 Å². The van der Waals surface area contributed by atoms with Gasteiger partial charge in [0.25, 0.3) is 0 Å². The maximum absolute atomic E-state index is 11.7. The number of nitrogens with one attached hydrogen (secondary N) is 1. The summed E-state index contributed by atoms with van der Waals surface area (Å²) in [4.78, 5) is 11.6. The normalized spacial score (nSPS) is 17.2. The van der Waals surface area contributed by atoms with Crippen molar-refractivity contribution in [2.75, 3.05) is 5.32 Å². The third-order valence-corrected chi connectivity index (χ3v) is 4.43. The predicted octanol–water partition coefficient (Wildman–Crippen LogP) is 4.12. The first-order valence-electron chi connectivity index (χ1n) is 6.90. The molecule has 1 aliphatic carbocycles. The van der Waals surface area contributed by atoms with Crippen LogP contribution in [0.25, 0.3) is 0 Å². The van der Waals surface area contributed by atoms with E-state index in [0.29, 0.717) is 6.10 Å². The monoisotopic (exact) mass is 325 g/mol. The van der Waals surface area contributed by atoms with Crippen LogP contribution >= 0.6 is 15.9 Å². The first kappa shape index (κ1) is 14.4. The third-order valence-electron chi connectivity index (χ3n) is 3.37. The number of hydrogen-bond donors (Lipinski definition) is 1. The predicted molar refractivity (Wildman–Crippen MR) is 81.0 cm³/mol. The molecule has 0 spiro atoms. The molecule has 0 saturated heterocycles. The molecular weight excluding hydrogens is 306 g/mol. The number of hydrogen-bond acceptors (Lipinski definition) is 2. The van der Waals surface area contributed by atoms with E-state index < -0.39 is 0 Å². The molecule has 0 aliphatic heterocycles. The van der Waals surface area contributed by atoms with E-state index in [1.807, 2.05) is 31.2 Å². The zero-order chi connectivity index (χ0) is 13.7. The maximum atomic E-state index is 11.7. The Kier molecular flexibility index (Phi) is 5.25. The molecule has 0 radical (unpaired) electrons. The Hall–Kier alpha value is -1.03. The van der Waals surface area contributed by atoms with E-state index >= 15 is 0 Å². The number of ether oxygens (including phenoxy) is 1. The highest BCUT2D eigenvalue weighted by molar-refractivity contribution is 9.10. The molecule has 2 rings (SSSR count). The molecule has 1 saturated carbocycles. The lowest BCUT2D eigenvalue weighted by Crippen LogP contribution is -2.21. The largest absolute Gasteiger partial charge is 0.490 e. The summed E-state index contributed by atoms with van der Waals surface area (Å²) in [5.74, 6) is 0.878. The van der Waals surface area contributed by atoms with Gasteiger partial charge in [-0.15, -0.1) is 0 Å². The SMILES string of the molecule is CCC(Br)C(=O)Nc1ccc(OC2CCCC2)cc1. The van der Waals surface area contributed by atoms with Gasteiger partial charge in [0.15, 0.2) is 0 Å². The van der Waals surface area contributed by atoms with Gasteiger partial charge in [0.2, 0.25) is 5.91 Å².